The van der Waals surface area contributed by atoms with E-state index < -0.39 is 5.82 Å². The summed E-state index contributed by atoms with van der Waals surface area (Å²) >= 11 is 5.76. The van der Waals surface area contributed by atoms with Crippen molar-refractivity contribution < 1.29 is 13.9 Å². The van der Waals surface area contributed by atoms with Crippen molar-refractivity contribution in [2.75, 3.05) is 19.5 Å². The number of rotatable bonds is 5. The van der Waals surface area contributed by atoms with Crippen LogP contribution in [0, 0.1) is 11.2 Å². The number of halogens is 2. The molecule has 0 spiro atoms. The van der Waals surface area contributed by atoms with Crippen molar-refractivity contribution in [3.8, 4) is 5.75 Å². The number of nitrogens with one attached hydrogen (secondary N) is 1. The van der Waals surface area contributed by atoms with Gasteiger partial charge in [-0.2, -0.15) is 0 Å². The quantitative estimate of drug-likeness (QED) is 0.838. The lowest BCUT2D eigenvalue weighted by molar-refractivity contribution is 0.0939. The highest BCUT2D eigenvalue weighted by atomic mass is 35.5. The molecule has 1 amide bonds. The van der Waals surface area contributed by atoms with Crippen molar-refractivity contribution >= 4 is 17.5 Å². The number of amides is 1. The molecule has 3 nitrogen and oxygen atoms in total. The molecule has 0 atom stereocenters. The molecule has 0 aliphatic heterocycles. The first kappa shape index (κ1) is 14.8. The van der Waals surface area contributed by atoms with E-state index in [2.05, 4.69) is 5.32 Å². The number of carbonyl (C=O) groups is 1. The molecule has 100 valence electrons. The Morgan fingerprint density at radius 1 is 1.50 bits per heavy atom. The third-order valence-electron chi connectivity index (χ3n) is 2.50. The van der Waals surface area contributed by atoms with E-state index in [-0.39, 0.29) is 22.6 Å². The Hall–Kier alpha value is -1.29. The normalized spacial score (nSPS) is 11.2. The Bertz CT molecular complexity index is 435. The Kier molecular flexibility index (Phi) is 4.96. The molecule has 0 radical (unpaired) electrons. The van der Waals surface area contributed by atoms with Crippen LogP contribution in [0.5, 0.6) is 5.75 Å². The van der Waals surface area contributed by atoms with Crippen molar-refractivity contribution in [2.24, 2.45) is 5.41 Å². The molecular formula is C13H17ClFNO2. The Balaban J connectivity index is 2.71. The average molecular weight is 274 g/mol. The minimum atomic E-state index is -0.554. The minimum absolute atomic E-state index is 0.118. The van der Waals surface area contributed by atoms with Gasteiger partial charge in [0.1, 0.15) is 0 Å². The molecule has 1 rings (SSSR count). The van der Waals surface area contributed by atoms with Crippen LogP contribution >= 0.6 is 11.6 Å². The van der Waals surface area contributed by atoms with Crippen LogP contribution < -0.4 is 10.1 Å². The summed E-state index contributed by atoms with van der Waals surface area (Å²) in [7, 11) is 1.38. The molecule has 0 aliphatic rings. The summed E-state index contributed by atoms with van der Waals surface area (Å²) in [6, 6.07) is 4.10. The summed E-state index contributed by atoms with van der Waals surface area (Å²) in [6.07, 6.45) is 0. The molecule has 0 aromatic heterocycles. The minimum Gasteiger partial charge on any atom is -0.494 e. The Morgan fingerprint density at radius 2 is 2.17 bits per heavy atom. The van der Waals surface area contributed by atoms with Crippen LogP contribution in [0.3, 0.4) is 0 Å². The fourth-order valence-corrected chi connectivity index (χ4v) is 1.37. The van der Waals surface area contributed by atoms with Crippen molar-refractivity contribution in [3.05, 3.63) is 29.6 Å². The van der Waals surface area contributed by atoms with Gasteiger partial charge in [-0.3, -0.25) is 4.79 Å². The second-order valence-electron chi connectivity index (χ2n) is 4.83. The number of ether oxygens (including phenoxy) is 1. The van der Waals surface area contributed by atoms with Gasteiger partial charge in [0, 0.05) is 18.0 Å². The van der Waals surface area contributed by atoms with Gasteiger partial charge >= 0.3 is 0 Å². The molecule has 18 heavy (non-hydrogen) atoms. The van der Waals surface area contributed by atoms with E-state index in [0.29, 0.717) is 12.4 Å². The van der Waals surface area contributed by atoms with Crippen molar-refractivity contribution in [1.82, 2.24) is 5.32 Å². The fourth-order valence-electron chi connectivity index (χ4n) is 1.28. The number of benzene rings is 1. The van der Waals surface area contributed by atoms with Gasteiger partial charge in [-0.05, 0) is 23.6 Å². The van der Waals surface area contributed by atoms with Gasteiger partial charge in [-0.1, -0.05) is 13.8 Å². The summed E-state index contributed by atoms with van der Waals surface area (Å²) in [4.78, 5) is 11.8. The van der Waals surface area contributed by atoms with E-state index in [0.717, 1.165) is 6.07 Å². The lowest BCUT2D eigenvalue weighted by Gasteiger charge is -2.21. The lowest BCUT2D eigenvalue weighted by atomic mass is 9.96. The molecule has 0 aliphatic carbocycles. The zero-order chi connectivity index (χ0) is 13.8. The van der Waals surface area contributed by atoms with E-state index in [9.17, 15) is 9.18 Å². The number of methoxy groups -OCH3 is 1. The molecule has 1 aromatic rings. The summed E-state index contributed by atoms with van der Waals surface area (Å²) in [5.74, 6) is -0.325. The van der Waals surface area contributed by atoms with Crippen LogP contribution in [0.15, 0.2) is 18.2 Å². The summed E-state index contributed by atoms with van der Waals surface area (Å²) in [5, 5.41) is 2.72. The van der Waals surface area contributed by atoms with Crippen LogP contribution in [-0.4, -0.2) is 25.4 Å². The predicted molar refractivity (Wildman–Crippen MR) is 69.8 cm³/mol. The predicted octanol–water partition coefficient (Wildman–Crippen LogP) is 2.83. The van der Waals surface area contributed by atoms with Crippen LogP contribution in [0.1, 0.15) is 24.2 Å². The maximum atomic E-state index is 13.4. The molecule has 5 heteroatoms. The first-order valence-electron chi connectivity index (χ1n) is 5.57. The van der Waals surface area contributed by atoms with Crippen LogP contribution in [0.4, 0.5) is 4.39 Å². The number of hydrogen-bond acceptors (Lipinski definition) is 2. The van der Waals surface area contributed by atoms with Gasteiger partial charge in [0.25, 0.3) is 5.91 Å². The number of carbonyl (C=O) groups excluding carboxylic acids is 1. The van der Waals surface area contributed by atoms with Crippen molar-refractivity contribution in [3.63, 3.8) is 0 Å². The monoisotopic (exact) mass is 273 g/mol. The van der Waals surface area contributed by atoms with E-state index in [1.165, 1.54) is 19.2 Å². The largest absolute Gasteiger partial charge is 0.494 e. The Labute approximate surface area is 111 Å². The second-order valence-corrected chi connectivity index (χ2v) is 5.10. The average Bonchev–Trinajstić information content (AvgIpc) is 2.36. The first-order valence-corrected chi connectivity index (χ1v) is 6.11. The van der Waals surface area contributed by atoms with E-state index >= 15 is 0 Å². The standard InChI is InChI=1S/C13H17ClFNO2/c1-13(2,7-14)8-16-12(17)9-4-5-11(18-3)10(15)6-9/h4-6H,7-8H2,1-3H3,(H,16,17). The first-order chi connectivity index (χ1) is 8.39. The molecular weight excluding hydrogens is 257 g/mol. The zero-order valence-electron chi connectivity index (χ0n) is 10.7. The summed E-state index contributed by atoms with van der Waals surface area (Å²) < 4.78 is 18.2. The topological polar surface area (TPSA) is 38.3 Å². The summed E-state index contributed by atoms with van der Waals surface area (Å²) in [6.45, 7) is 4.31. The maximum absolute atomic E-state index is 13.4. The van der Waals surface area contributed by atoms with Crippen LogP contribution in [0.25, 0.3) is 0 Å². The van der Waals surface area contributed by atoms with Gasteiger partial charge in [-0.25, -0.2) is 4.39 Å². The highest BCUT2D eigenvalue weighted by molar-refractivity contribution is 6.18. The molecule has 0 bridgehead atoms. The van der Waals surface area contributed by atoms with Gasteiger partial charge in [0.15, 0.2) is 11.6 Å². The Morgan fingerprint density at radius 3 is 2.67 bits per heavy atom. The number of hydrogen-bond donors (Lipinski definition) is 1. The molecule has 0 unspecified atom stereocenters. The van der Waals surface area contributed by atoms with Gasteiger partial charge in [0.2, 0.25) is 0 Å². The third-order valence-corrected chi connectivity index (χ3v) is 3.23. The number of alkyl halides is 1. The second kappa shape index (κ2) is 6.05. The lowest BCUT2D eigenvalue weighted by Crippen LogP contribution is -2.35. The van der Waals surface area contributed by atoms with Gasteiger partial charge in [0.05, 0.1) is 7.11 Å². The van der Waals surface area contributed by atoms with Crippen molar-refractivity contribution in [1.29, 1.82) is 0 Å². The zero-order valence-corrected chi connectivity index (χ0v) is 11.5. The summed E-state index contributed by atoms with van der Waals surface area (Å²) in [5.41, 5.74) is 0.0704. The molecule has 0 saturated carbocycles. The van der Waals surface area contributed by atoms with E-state index in [1.54, 1.807) is 0 Å². The van der Waals surface area contributed by atoms with E-state index in [4.69, 9.17) is 16.3 Å². The molecule has 1 N–H and O–H groups in total. The van der Waals surface area contributed by atoms with Gasteiger partial charge in [-0.15, -0.1) is 11.6 Å². The van der Waals surface area contributed by atoms with Crippen LogP contribution in [-0.2, 0) is 0 Å². The molecule has 0 heterocycles. The molecule has 0 saturated heterocycles. The maximum Gasteiger partial charge on any atom is 0.251 e. The van der Waals surface area contributed by atoms with Gasteiger partial charge < -0.3 is 10.1 Å². The third kappa shape index (κ3) is 3.88. The molecule has 0 fully saturated rings. The smallest absolute Gasteiger partial charge is 0.251 e. The fraction of sp³-hybridized carbons (Fsp3) is 0.462. The molecule has 1 aromatic carbocycles. The highest BCUT2D eigenvalue weighted by Gasteiger charge is 2.18. The van der Waals surface area contributed by atoms with Crippen molar-refractivity contribution in [2.45, 2.75) is 13.8 Å². The van der Waals surface area contributed by atoms with E-state index in [1.807, 2.05) is 13.8 Å². The SMILES string of the molecule is COc1ccc(C(=O)NCC(C)(C)CCl)cc1F. The van der Waals surface area contributed by atoms with Crippen LogP contribution in [0.2, 0.25) is 0 Å². The highest BCUT2D eigenvalue weighted by Crippen LogP contribution is 2.18.